The van der Waals surface area contributed by atoms with Gasteiger partial charge in [0.2, 0.25) is 5.91 Å². The van der Waals surface area contributed by atoms with Crippen LogP contribution >= 0.6 is 0 Å². The summed E-state index contributed by atoms with van der Waals surface area (Å²) in [6.07, 6.45) is 0. The molecule has 0 aliphatic rings. The second-order valence-electron chi connectivity index (χ2n) is 5.99. The molecule has 0 spiro atoms. The lowest BCUT2D eigenvalue weighted by atomic mass is 10.1. The van der Waals surface area contributed by atoms with Crippen molar-refractivity contribution in [2.24, 2.45) is 0 Å². The van der Waals surface area contributed by atoms with E-state index in [4.69, 9.17) is 9.47 Å². The van der Waals surface area contributed by atoms with E-state index in [1.807, 2.05) is 26.0 Å². The van der Waals surface area contributed by atoms with Gasteiger partial charge < -0.3 is 25.0 Å². The first-order chi connectivity index (χ1) is 13.5. The highest BCUT2D eigenvalue weighted by Gasteiger charge is 2.17. The largest absolute Gasteiger partial charge is 0.497 e. The molecule has 2 aromatic rings. The van der Waals surface area contributed by atoms with Crippen LogP contribution in [0.15, 0.2) is 42.5 Å². The molecule has 2 amide bonds. The van der Waals surface area contributed by atoms with Crippen LogP contribution in [0.5, 0.6) is 11.5 Å². The Hall–Kier alpha value is -3.22. The van der Waals surface area contributed by atoms with E-state index in [-0.39, 0.29) is 18.4 Å². The van der Waals surface area contributed by atoms with Crippen LogP contribution in [0.25, 0.3) is 0 Å². The highest BCUT2D eigenvalue weighted by Crippen LogP contribution is 2.28. The fourth-order valence-electron chi connectivity index (χ4n) is 2.79. The first-order valence-electron chi connectivity index (χ1n) is 9.18. The summed E-state index contributed by atoms with van der Waals surface area (Å²) in [5.74, 6) is 0.810. The first-order valence-corrected chi connectivity index (χ1v) is 9.18. The van der Waals surface area contributed by atoms with Gasteiger partial charge >= 0.3 is 0 Å². The number of hydrogen-bond donors (Lipinski definition) is 2. The van der Waals surface area contributed by atoms with Gasteiger partial charge in [-0.3, -0.25) is 9.59 Å². The van der Waals surface area contributed by atoms with Crippen molar-refractivity contribution in [2.45, 2.75) is 13.8 Å². The molecule has 0 aromatic heterocycles. The van der Waals surface area contributed by atoms with Crippen LogP contribution in [0, 0.1) is 0 Å². The molecule has 0 aliphatic heterocycles. The lowest BCUT2D eigenvalue weighted by Crippen LogP contribution is -2.31. The predicted molar refractivity (Wildman–Crippen MR) is 110 cm³/mol. The standard InChI is InChI=1S/C21H27N3O4/c1-5-24(6-2)21(26)16-9-7-8-10-17(16)22-14-20(25)23-18-13-15(27-3)11-12-19(18)28-4/h7-13,22H,5-6,14H2,1-4H3,(H,23,25). The smallest absolute Gasteiger partial charge is 0.255 e. The fraction of sp³-hybridized carbons (Fsp3) is 0.333. The lowest BCUT2D eigenvalue weighted by Gasteiger charge is -2.20. The molecule has 28 heavy (non-hydrogen) atoms. The number of carbonyl (C=O) groups excluding carboxylic acids is 2. The molecule has 0 radical (unpaired) electrons. The quantitative estimate of drug-likeness (QED) is 0.693. The van der Waals surface area contributed by atoms with Crippen molar-refractivity contribution in [3.8, 4) is 11.5 Å². The molecule has 0 aliphatic carbocycles. The summed E-state index contributed by atoms with van der Waals surface area (Å²) in [5, 5.41) is 5.85. The van der Waals surface area contributed by atoms with Crippen molar-refractivity contribution in [3.05, 3.63) is 48.0 Å². The number of anilines is 2. The Labute approximate surface area is 165 Å². The average Bonchev–Trinajstić information content (AvgIpc) is 2.73. The van der Waals surface area contributed by atoms with Crippen LogP contribution in [0.4, 0.5) is 11.4 Å². The van der Waals surface area contributed by atoms with Crippen molar-refractivity contribution < 1.29 is 19.1 Å². The normalized spacial score (nSPS) is 10.1. The first kappa shape index (κ1) is 21.1. The van der Waals surface area contributed by atoms with E-state index in [0.29, 0.717) is 41.5 Å². The Kier molecular flexibility index (Phi) is 7.68. The average molecular weight is 385 g/mol. The maximum Gasteiger partial charge on any atom is 0.255 e. The van der Waals surface area contributed by atoms with Gasteiger partial charge in [-0.15, -0.1) is 0 Å². The molecule has 0 bridgehead atoms. The Morgan fingerprint density at radius 3 is 2.32 bits per heavy atom. The Morgan fingerprint density at radius 2 is 1.68 bits per heavy atom. The maximum atomic E-state index is 12.7. The van der Waals surface area contributed by atoms with Crippen LogP contribution in [-0.4, -0.2) is 50.6 Å². The van der Waals surface area contributed by atoms with E-state index >= 15 is 0 Å². The number of para-hydroxylation sites is 1. The molecular formula is C21H27N3O4. The number of methoxy groups -OCH3 is 2. The topological polar surface area (TPSA) is 79.9 Å². The molecule has 150 valence electrons. The number of carbonyl (C=O) groups is 2. The second-order valence-corrected chi connectivity index (χ2v) is 5.99. The zero-order valence-electron chi connectivity index (χ0n) is 16.7. The van der Waals surface area contributed by atoms with Gasteiger partial charge in [-0.05, 0) is 38.1 Å². The fourth-order valence-corrected chi connectivity index (χ4v) is 2.79. The highest BCUT2D eigenvalue weighted by atomic mass is 16.5. The SMILES string of the molecule is CCN(CC)C(=O)c1ccccc1NCC(=O)Nc1cc(OC)ccc1OC. The number of rotatable bonds is 9. The van der Waals surface area contributed by atoms with E-state index < -0.39 is 0 Å². The summed E-state index contributed by atoms with van der Waals surface area (Å²) in [6, 6.07) is 12.3. The number of nitrogens with zero attached hydrogens (tertiary/aromatic N) is 1. The molecular weight excluding hydrogens is 358 g/mol. The third kappa shape index (κ3) is 5.16. The summed E-state index contributed by atoms with van der Waals surface area (Å²) in [6.45, 7) is 5.13. The van der Waals surface area contributed by atoms with Gasteiger partial charge in [0, 0.05) is 24.8 Å². The molecule has 2 aromatic carbocycles. The van der Waals surface area contributed by atoms with Gasteiger partial charge in [-0.25, -0.2) is 0 Å². The molecule has 7 nitrogen and oxygen atoms in total. The van der Waals surface area contributed by atoms with Crippen LogP contribution in [0.2, 0.25) is 0 Å². The molecule has 0 saturated carbocycles. The third-order valence-corrected chi connectivity index (χ3v) is 4.33. The lowest BCUT2D eigenvalue weighted by molar-refractivity contribution is -0.114. The van der Waals surface area contributed by atoms with Gasteiger partial charge in [-0.1, -0.05) is 12.1 Å². The van der Waals surface area contributed by atoms with Crippen molar-refractivity contribution in [3.63, 3.8) is 0 Å². The monoisotopic (exact) mass is 385 g/mol. The molecule has 0 unspecified atom stereocenters. The Morgan fingerprint density at radius 1 is 0.964 bits per heavy atom. The van der Waals surface area contributed by atoms with Gasteiger partial charge in [0.15, 0.2) is 0 Å². The molecule has 0 saturated heterocycles. The van der Waals surface area contributed by atoms with E-state index in [2.05, 4.69) is 10.6 Å². The molecule has 0 atom stereocenters. The molecule has 0 fully saturated rings. The Bertz CT molecular complexity index is 819. The Balaban J connectivity index is 2.09. The molecule has 2 N–H and O–H groups in total. The zero-order chi connectivity index (χ0) is 20.5. The summed E-state index contributed by atoms with van der Waals surface area (Å²) < 4.78 is 10.5. The van der Waals surface area contributed by atoms with Gasteiger partial charge in [0.05, 0.1) is 32.0 Å². The third-order valence-electron chi connectivity index (χ3n) is 4.33. The number of ether oxygens (including phenoxy) is 2. The van der Waals surface area contributed by atoms with Crippen molar-refractivity contribution in [1.29, 1.82) is 0 Å². The van der Waals surface area contributed by atoms with Crippen molar-refractivity contribution >= 4 is 23.2 Å². The van der Waals surface area contributed by atoms with Crippen molar-refractivity contribution in [2.75, 3.05) is 44.5 Å². The van der Waals surface area contributed by atoms with Crippen LogP contribution in [0.3, 0.4) is 0 Å². The maximum absolute atomic E-state index is 12.7. The summed E-state index contributed by atoms with van der Waals surface area (Å²) in [5.41, 5.74) is 1.67. The zero-order valence-corrected chi connectivity index (χ0v) is 16.7. The highest BCUT2D eigenvalue weighted by molar-refractivity contribution is 6.01. The number of benzene rings is 2. The van der Waals surface area contributed by atoms with E-state index in [0.717, 1.165) is 0 Å². The minimum Gasteiger partial charge on any atom is -0.497 e. The van der Waals surface area contributed by atoms with Gasteiger partial charge in [0.1, 0.15) is 11.5 Å². The predicted octanol–water partition coefficient (Wildman–Crippen LogP) is 3.24. The summed E-state index contributed by atoms with van der Waals surface area (Å²) in [7, 11) is 3.09. The van der Waals surface area contributed by atoms with E-state index in [1.165, 1.54) is 7.11 Å². The molecule has 0 heterocycles. The molecule has 7 heteroatoms. The number of hydrogen-bond acceptors (Lipinski definition) is 5. The van der Waals surface area contributed by atoms with E-state index in [9.17, 15) is 9.59 Å². The summed E-state index contributed by atoms with van der Waals surface area (Å²) in [4.78, 5) is 26.8. The van der Waals surface area contributed by atoms with Crippen molar-refractivity contribution in [1.82, 2.24) is 4.90 Å². The second kappa shape index (κ2) is 10.2. The van der Waals surface area contributed by atoms with Crippen LogP contribution in [0.1, 0.15) is 24.2 Å². The minimum absolute atomic E-state index is 0.00288. The van der Waals surface area contributed by atoms with Gasteiger partial charge in [-0.2, -0.15) is 0 Å². The minimum atomic E-state index is -0.267. The number of nitrogens with one attached hydrogen (secondary N) is 2. The van der Waals surface area contributed by atoms with E-state index in [1.54, 1.807) is 42.3 Å². The molecule has 2 rings (SSSR count). The van der Waals surface area contributed by atoms with Gasteiger partial charge in [0.25, 0.3) is 5.91 Å². The van der Waals surface area contributed by atoms with Crippen LogP contribution < -0.4 is 20.1 Å². The van der Waals surface area contributed by atoms with Crippen LogP contribution in [-0.2, 0) is 4.79 Å². The summed E-state index contributed by atoms with van der Waals surface area (Å²) >= 11 is 0. The number of amides is 2.